The highest BCUT2D eigenvalue weighted by atomic mass is 32.2. The van der Waals surface area contributed by atoms with E-state index >= 15 is 0 Å². The minimum absolute atomic E-state index is 0.168. The first-order chi connectivity index (χ1) is 15.3. The van der Waals surface area contributed by atoms with Gasteiger partial charge < -0.3 is 14.5 Å². The van der Waals surface area contributed by atoms with Crippen LogP contribution >= 0.6 is 0 Å². The molecule has 0 radical (unpaired) electrons. The number of ether oxygens (including phenoxy) is 1. The van der Waals surface area contributed by atoms with E-state index in [0.29, 0.717) is 37.9 Å². The molecule has 1 N–H and O–H groups in total. The van der Waals surface area contributed by atoms with Gasteiger partial charge in [0.2, 0.25) is 15.9 Å². The van der Waals surface area contributed by atoms with Gasteiger partial charge in [-0.15, -0.1) is 0 Å². The summed E-state index contributed by atoms with van der Waals surface area (Å²) in [6, 6.07) is 10.4. The highest BCUT2D eigenvalue weighted by molar-refractivity contribution is 7.89. The third-order valence-corrected chi connectivity index (χ3v) is 7.67. The molecule has 2 aromatic carbocycles. The van der Waals surface area contributed by atoms with Gasteiger partial charge in [0.1, 0.15) is 5.58 Å². The minimum Gasteiger partial charge on any atom is -0.464 e. The first-order valence-electron chi connectivity index (χ1n) is 10.7. The summed E-state index contributed by atoms with van der Waals surface area (Å²) in [5.41, 5.74) is 4.54. The molecule has 4 rings (SSSR count). The molecule has 2 heterocycles. The van der Waals surface area contributed by atoms with E-state index in [1.807, 2.05) is 6.07 Å². The molecule has 0 bridgehead atoms. The lowest BCUT2D eigenvalue weighted by molar-refractivity contribution is -0.115. The SMILES string of the molecule is Cc1cc2occ(CC(=O)Nc3ccc(S(=O)(=O)N4CCOCC4)cc3)c2cc1C(C)C. The van der Waals surface area contributed by atoms with Crippen LogP contribution in [0.4, 0.5) is 5.69 Å². The molecule has 0 spiro atoms. The number of aryl methyl sites for hydroxylation is 1. The Labute approximate surface area is 188 Å². The molecule has 1 aliphatic heterocycles. The van der Waals surface area contributed by atoms with Crippen molar-refractivity contribution in [3.05, 3.63) is 59.4 Å². The van der Waals surface area contributed by atoms with Crippen LogP contribution in [-0.2, 0) is 26.0 Å². The van der Waals surface area contributed by atoms with E-state index < -0.39 is 10.0 Å². The van der Waals surface area contributed by atoms with E-state index in [-0.39, 0.29) is 17.2 Å². The van der Waals surface area contributed by atoms with Crippen LogP contribution in [0.5, 0.6) is 0 Å². The predicted molar refractivity (Wildman–Crippen MR) is 123 cm³/mol. The molecule has 1 amide bonds. The molecular weight excluding hydrogens is 428 g/mol. The van der Waals surface area contributed by atoms with Gasteiger partial charge >= 0.3 is 0 Å². The number of hydrogen-bond acceptors (Lipinski definition) is 5. The smallest absolute Gasteiger partial charge is 0.243 e. The molecule has 8 heteroatoms. The number of amides is 1. The lowest BCUT2D eigenvalue weighted by atomic mass is 9.95. The topological polar surface area (TPSA) is 88.8 Å². The number of fused-ring (bicyclic) bond motifs is 1. The van der Waals surface area contributed by atoms with Gasteiger partial charge in [0.15, 0.2) is 0 Å². The van der Waals surface area contributed by atoms with Crippen molar-refractivity contribution in [2.75, 3.05) is 31.6 Å². The molecule has 0 unspecified atom stereocenters. The second-order valence-electron chi connectivity index (χ2n) is 8.39. The third kappa shape index (κ3) is 4.57. The Morgan fingerprint density at radius 1 is 1.12 bits per heavy atom. The highest BCUT2D eigenvalue weighted by Gasteiger charge is 2.26. The Bertz CT molecular complexity index is 1220. The van der Waals surface area contributed by atoms with Crippen molar-refractivity contribution in [2.24, 2.45) is 0 Å². The van der Waals surface area contributed by atoms with Gasteiger partial charge in [0.05, 0.1) is 30.8 Å². The van der Waals surface area contributed by atoms with Crippen LogP contribution in [0.3, 0.4) is 0 Å². The van der Waals surface area contributed by atoms with E-state index in [0.717, 1.165) is 16.5 Å². The number of morpholine rings is 1. The summed E-state index contributed by atoms with van der Waals surface area (Å²) in [6.07, 6.45) is 1.80. The monoisotopic (exact) mass is 456 g/mol. The van der Waals surface area contributed by atoms with E-state index in [2.05, 4.69) is 32.2 Å². The van der Waals surface area contributed by atoms with Crippen molar-refractivity contribution >= 4 is 32.6 Å². The standard InChI is InChI=1S/C24H28N2O5S/c1-16(2)21-14-22-18(15-31-23(22)12-17(21)3)13-24(27)25-19-4-6-20(7-5-19)32(28,29)26-8-10-30-11-9-26/h4-7,12,14-16H,8-11,13H2,1-3H3,(H,25,27). The highest BCUT2D eigenvalue weighted by Crippen LogP contribution is 2.29. The van der Waals surface area contributed by atoms with Crippen LogP contribution in [0.15, 0.2) is 52.0 Å². The first-order valence-corrected chi connectivity index (χ1v) is 12.2. The lowest BCUT2D eigenvalue weighted by Gasteiger charge is -2.26. The molecule has 7 nitrogen and oxygen atoms in total. The molecule has 0 saturated carbocycles. The first kappa shape index (κ1) is 22.5. The number of furan rings is 1. The Morgan fingerprint density at radius 2 is 1.81 bits per heavy atom. The molecule has 1 fully saturated rings. The van der Waals surface area contributed by atoms with Crippen molar-refractivity contribution in [3.8, 4) is 0 Å². The summed E-state index contributed by atoms with van der Waals surface area (Å²) in [6.45, 7) is 7.83. The minimum atomic E-state index is -3.56. The number of rotatable bonds is 6. The number of carbonyl (C=O) groups excluding carboxylic acids is 1. The van der Waals surface area contributed by atoms with E-state index in [1.165, 1.54) is 27.6 Å². The number of nitrogens with zero attached hydrogens (tertiary/aromatic N) is 1. The van der Waals surface area contributed by atoms with Gasteiger partial charge in [-0.3, -0.25) is 4.79 Å². The van der Waals surface area contributed by atoms with Crippen LogP contribution in [0.1, 0.15) is 36.5 Å². The maximum atomic E-state index is 12.7. The zero-order valence-corrected chi connectivity index (χ0v) is 19.4. The maximum absolute atomic E-state index is 12.7. The zero-order chi connectivity index (χ0) is 22.9. The lowest BCUT2D eigenvalue weighted by Crippen LogP contribution is -2.40. The van der Waals surface area contributed by atoms with Crippen LogP contribution in [0.25, 0.3) is 11.0 Å². The van der Waals surface area contributed by atoms with Gasteiger partial charge in [-0.25, -0.2) is 8.42 Å². The molecule has 1 aromatic heterocycles. The zero-order valence-electron chi connectivity index (χ0n) is 18.6. The number of carbonyl (C=O) groups is 1. The summed E-state index contributed by atoms with van der Waals surface area (Å²) in [7, 11) is -3.56. The molecule has 170 valence electrons. The van der Waals surface area contributed by atoms with Gasteiger partial charge in [-0.05, 0) is 60.4 Å². The fraction of sp³-hybridized carbons (Fsp3) is 0.375. The Kier molecular flexibility index (Phi) is 6.37. The van der Waals surface area contributed by atoms with Crippen LogP contribution in [-0.4, -0.2) is 44.9 Å². The third-order valence-electron chi connectivity index (χ3n) is 5.76. The largest absolute Gasteiger partial charge is 0.464 e. The van der Waals surface area contributed by atoms with Crippen molar-refractivity contribution in [2.45, 2.75) is 38.0 Å². The molecule has 0 atom stereocenters. The van der Waals surface area contributed by atoms with Gasteiger partial charge in [0, 0.05) is 29.7 Å². The number of benzene rings is 2. The Balaban J connectivity index is 1.46. The number of sulfonamides is 1. The summed E-state index contributed by atoms with van der Waals surface area (Å²) in [5.74, 6) is 0.186. The van der Waals surface area contributed by atoms with Crippen LogP contribution in [0, 0.1) is 6.92 Å². The second-order valence-corrected chi connectivity index (χ2v) is 10.3. The van der Waals surface area contributed by atoms with Gasteiger partial charge in [0.25, 0.3) is 0 Å². The average molecular weight is 457 g/mol. The predicted octanol–water partition coefficient (Wildman–Crippen LogP) is 4.07. The van der Waals surface area contributed by atoms with Gasteiger partial charge in [-0.2, -0.15) is 4.31 Å². The van der Waals surface area contributed by atoms with Crippen LogP contribution in [0.2, 0.25) is 0 Å². The van der Waals surface area contributed by atoms with Crippen molar-refractivity contribution in [1.82, 2.24) is 4.31 Å². The normalized spacial score (nSPS) is 15.4. The van der Waals surface area contributed by atoms with E-state index in [1.54, 1.807) is 18.4 Å². The number of nitrogens with one attached hydrogen (secondary N) is 1. The molecule has 1 aliphatic rings. The summed E-state index contributed by atoms with van der Waals surface area (Å²) in [5, 5.41) is 3.79. The molecule has 0 aliphatic carbocycles. The fourth-order valence-electron chi connectivity index (χ4n) is 4.03. The molecule has 32 heavy (non-hydrogen) atoms. The number of hydrogen-bond donors (Lipinski definition) is 1. The second kappa shape index (κ2) is 9.05. The van der Waals surface area contributed by atoms with Gasteiger partial charge in [-0.1, -0.05) is 13.8 Å². The van der Waals surface area contributed by atoms with E-state index in [4.69, 9.17) is 9.15 Å². The maximum Gasteiger partial charge on any atom is 0.243 e. The summed E-state index contributed by atoms with van der Waals surface area (Å²) in [4.78, 5) is 12.8. The quantitative estimate of drug-likeness (QED) is 0.604. The summed E-state index contributed by atoms with van der Waals surface area (Å²) < 4.78 is 37.8. The number of anilines is 1. The van der Waals surface area contributed by atoms with Crippen molar-refractivity contribution in [1.29, 1.82) is 0 Å². The Hall–Kier alpha value is -2.68. The van der Waals surface area contributed by atoms with Crippen LogP contribution < -0.4 is 5.32 Å². The fourth-order valence-corrected chi connectivity index (χ4v) is 5.44. The van der Waals surface area contributed by atoms with E-state index in [9.17, 15) is 13.2 Å². The molecule has 3 aromatic rings. The Morgan fingerprint density at radius 3 is 2.47 bits per heavy atom. The van der Waals surface area contributed by atoms with Crippen molar-refractivity contribution in [3.63, 3.8) is 0 Å². The molecule has 1 saturated heterocycles. The average Bonchev–Trinajstić information content (AvgIpc) is 3.15. The van der Waals surface area contributed by atoms with Crippen molar-refractivity contribution < 1.29 is 22.4 Å². The summed E-state index contributed by atoms with van der Waals surface area (Å²) >= 11 is 0. The molecular formula is C24H28N2O5S.